The van der Waals surface area contributed by atoms with Crippen molar-refractivity contribution in [2.75, 3.05) is 18.4 Å². The monoisotopic (exact) mass is 427 g/mol. The Labute approximate surface area is 174 Å². The number of benzene rings is 1. The summed E-state index contributed by atoms with van der Waals surface area (Å²) in [5, 5.41) is 5.01. The van der Waals surface area contributed by atoms with E-state index in [1.165, 1.54) is 11.3 Å². The molecule has 3 N–H and O–H groups in total. The Morgan fingerprint density at radius 2 is 2.07 bits per heavy atom. The number of likely N-dealkylation sites (tertiary alicyclic amines) is 1. The fourth-order valence-corrected chi connectivity index (χ4v) is 3.86. The molecule has 2 aromatic rings. The number of thiophene rings is 1. The highest BCUT2D eigenvalue weighted by atomic mass is 35.5. The van der Waals surface area contributed by atoms with Crippen molar-refractivity contribution < 1.29 is 9.59 Å². The van der Waals surface area contributed by atoms with Gasteiger partial charge in [0.25, 0.3) is 11.8 Å². The van der Waals surface area contributed by atoms with Gasteiger partial charge in [-0.25, -0.2) is 0 Å². The second kappa shape index (κ2) is 8.61. The van der Waals surface area contributed by atoms with Crippen LogP contribution in [-0.2, 0) is 0 Å². The molecule has 1 atom stereocenters. The van der Waals surface area contributed by atoms with Crippen LogP contribution in [0.5, 0.6) is 0 Å². The van der Waals surface area contributed by atoms with Gasteiger partial charge in [-0.3, -0.25) is 9.59 Å². The van der Waals surface area contributed by atoms with E-state index < -0.39 is 0 Å². The molecule has 0 saturated carbocycles. The van der Waals surface area contributed by atoms with Crippen molar-refractivity contribution in [2.24, 2.45) is 11.1 Å². The number of carbonyl (C=O) groups excluding carboxylic acids is 2. The number of nitrogens with zero attached hydrogens (tertiary/aromatic N) is 1. The molecule has 1 aromatic heterocycles. The molecule has 3 rings (SSSR count). The van der Waals surface area contributed by atoms with E-state index in [1.54, 1.807) is 24.3 Å². The van der Waals surface area contributed by atoms with Gasteiger partial charge in [-0.1, -0.05) is 31.5 Å². The Bertz CT molecular complexity index is 824. The maximum atomic E-state index is 12.9. The molecule has 0 aliphatic carbocycles. The fourth-order valence-electron chi connectivity index (χ4n) is 3.08. The summed E-state index contributed by atoms with van der Waals surface area (Å²) in [4.78, 5) is 27.6. The van der Waals surface area contributed by atoms with Crippen LogP contribution in [0.4, 0.5) is 5.69 Å². The lowest BCUT2D eigenvalue weighted by Gasteiger charge is -2.42. The Morgan fingerprint density at radius 3 is 2.70 bits per heavy atom. The summed E-state index contributed by atoms with van der Waals surface area (Å²) >= 11 is 7.55. The molecular weight excluding hydrogens is 405 g/mol. The number of rotatable bonds is 3. The van der Waals surface area contributed by atoms with E-state index in [4.69, 9.17) is 17.3 Å². The van der Waals surface area contributed by atoms with Gasteiger partial charge in [0, 0.05) is 24.7 Å². The largest absolute Gasteiger partial charge is 0.338 e. The summed E-state index contributed by atoms with van der Waals surface area (Å²) in [7, 11) is 0. The van der Waals surface area contributed by atoms with Gasteiger partial charge in [0.2, 0.25) is 0 Å². The highest BCUT2D eigenvalue weighted by Crippen LogP contribution is 2.30. The van der Waals surface area contributed by atoms with Crippen LogP contribution in [0.1, 0.15) is 40.3 Å². The van der Waals surface area contributed by atoms with Gasteiger partial charge in [0.15, 0.2) is 0 Å². The normalized spacial score (nSPS) is 18.5. The zero-order valence-electron chi connectivity index (χ0n) is 15.2. The predicted molar refractivity (Wildman–Crippen MR) is 113 cm³/mol. The third-order valence-corrected chi connectivity index (χ3v) is 6.00. The van der Waals surface area contributed by atoms with Crippen molar-refractivity contribution in [3.05, 3.63) is 51.2 Å². The van der Waals surface area contributed by atoms with Gasteiger partial charge in [-0.05, 0) is 41.5 Å². The lowest BCUT2D eigenvalue weighted by atomic mass is 9.79. The van der Waals surface area contributed by atoms with Gasteiger partial charge < -0.3 is 16.0 Å². The van der Waals surface area contributed by atoms with E-state index >= 15 is 0 Å². The molecule has 1 saturated heterocycles. The first-order valence-electron chi connectivity index (χ1n) is 8.47. The van der Waals surface area contributed by atoms with Crippen LogP contribution in [0.2, 0.25) is 5.02 Å². The summed E-state index contributed by atoms with van der Waals surface area (Å²) < 4.78 is 0. The molecule has 1 unspecified atom stereocenters. The van der Waals surface area contributed by atoms with Crippen LogP contribution < -0.4 is 11.1 Å². The third kappa shape index (κ3) is 4.82. The molecule has 1 aromatic carbocycles. The number of anilines is 1. The Morgan fingerprint density at radius 1 is 1.33 bits per heavy atom. The average molecular weight is 428 g/mol. The molecule has 2 heterocycles. The van der Waals surface area contributed by atoms with Crippen molar-refractivity contribution in [1.29, 1.82) is 0 Å². The lowest BCUT2D eigenvalue weighted by Crippen LogP contribution is -2.54. The molecular formula is C19H23Cl2N3O2S. The van der Waals surface area contributed by atoms with E-state index in [-0.39, 0.29) is 35.7 Å². The van der Waals surface area contributed by atoms with E-state index in [0.717, 1.165) is 6.42 Å². The van der Waals surface area contributed by atoms with Crippen LogP contribution in [-0.4, -0.2) is 35.8 Å². The molecule has 1 aliphatic rings. The van der Waals surface area contributed by atoms with Crippen molar-refractivity contribution in [3.8, 4) is 0 Å². The third-order valence-electron chi connectivity index (χ3n) is 4.81. The van der Waals surface area contributed by atoms with Gasteiger partial charge >= 0.3 is 0 Å². The summed E-state index contributed by atoms with van der Waals surface area (Å²) in [5.74, 6) is -0.315. The van der Waals surface area contributed by atoms with Crippen LogP contribution in [0, 0.1) is 5.41 Å². The number of hydrogen-bond donors (Lipinski definition) is 2. The summed E-state index contributed by atoms with van der Waals surface area (Å²) in [6.45, 7) is 5.38. The summed E-state index contributed by atoms with van der Waals surface area (Å²) in [6.07, 6.45) is 0.772. The maximum Gasteiger partial charge on any atom is 0.265 e. The number of hydrogen-bond acceptors (Lipinski definition) is 4. The lowest BCUT2D eigenvalue weighted by molar-refractivity contribution is 0.0533. The molecule has 146 valence electrons. The van der Waals surface area contributed by atoms with Gasteiger partial charge in [0.05, 0.1) is 15.6 Å². The first-order valence-corrected chi connectivity index (χ1v) is 9.73. The highest BCUT2D eigenvalue weighted by molar-refractivity contribution is 7.12. The van der Waals surface area contributed by atoms with Crippen molar-refractivity contribution in [1.82, 2.24) is 4.90 Å². The topological polar surface area (TPSA) is 75.4 Å². The van der Waals surface area contributed by atoms with Crippen LogP contribution in [0.15, 0.2) is 35.7 Å². The molecule has 5 nitrogen and oxygen atoms in total. The van der Waals surface area contributed by atoms with Crippen molar-refractivity contribution in [3.63, 3.8) is 0 Å². The highest BCUT2D eigenvalue weighted by Gasteiger charge is 2.35. The van der Waals surface area contributed by atoms with Crippen molar-refractivity contribution >= 4 is 52.8 Å². The standard InChI is InChI=1S/C19H22ClN3O2S.ClH/c1-19(2)11-23(8-7-16(19)21)18(25)12-5-6-13(20)14(10-12)22-17(24)15-4-3-9-26-15;/h3-6,9-10,16H,7-8,11,21H2,1-2H3,(H,22,24);1H. The molecule has 0 bridgehead atoms. The molecule has 1 aliphatic heterocycles. The van der Waals surface area contributed by atoms with Crippen molar-refractivity contribution in [2.45, 2.75) is 26.3 Å². The van der Waals surface area contributed by atoms with E-state index in [9.17, 15) is 9.59 Å². The van der Waals surface area contributed by atoms with Gasteiger partial charge in [-0.2, -0.15) is 0 Å². The Hall–Kier alpha value is -1.60. The molecule has 27 heavy (non-hydrogen) atoms. The number of carbonyl (C=O) groups is 2. The zero-order valence-corrected chi connectivity index (χ0v) is 17.6. The van der Waals surface area contributed by atoms with E-state index in [0.29, 0.717) is 34.2 Å². The number of amides is 2. The number of halogens is 2. The fraction of sp³-hybridized carbons (Fsp3) is 0.368. The van der Waals surface area contributed by atoms with Crippen LogP contribution >= 0.6 is 35.3 Å². The van der Waals surface area contributed by atoms with Crippen LogP contribution in [0.25, 0.3) is 0 Å². The maximum absolute atomic E-state index is 12.9. The zero-order chi connectivity index (χ0) is 18.9. The number of nitrogens with two attached hydrogens (primary N) is 1. The molecule has 2 amide bonds. The molecule has 1 fully saturated rings. The first-order chi connectivity index (χ1) is 12.3. The second-order valence-corrected chi connectivity index (χ2v) is 8.59. The van der Waals surface area contributed by atoms with Gasteiger partial charge in [0.1, 0.15) is 0 Å². The molecule has 0 radical (unpaired) electrons. The summed E-state index contributed by atoms with van der Waals surface area (Å²) in [5.41, 5.74) is 6.96. The smallest absolute Gasteiger partial charge is 0.265 e. The minimum atomic E-state index is -0.239. The SMILES string of the molecule is CC1(C)CN(C(=O)c2ccc(Cl)c(NC(=O)c3cccs3)c2)CCC1N.Cl. The predicted octanol–water partition coefficient (Wildman–Crippen LogP) is 4.28. The molecule has 0 spiro atoms. The second-order valence-electron chi connectivity index (χ2n) is 7.24. The van der Waals surface area contributed by atoms with E-state index in [2.05, 4.69) is 19.2 Å². The quantitative estimate of drug-likeness (QED) is 0.767. The summed E-state index contributed by atoms with van der Waals surface area (Å²) in [6, 6.07) is 8.59. The minimum absolute atomic E-state index is 0. The van der Waals surface area contributed by atoms with Gasteiger partial charge in [-0.15, -0.1) is 23.7 Å². The Balaban J connectivity index is 0.00000261. The minimum Gasteiger partial charge on any atom is -0.338 e. The number of nitrogens with one attached hydrogen (secondary N) is 1. The first kappa shape index (κ1) is 21.7. The Kier molecular flexibility index (Phi) is 6.92. The van der Waals surface area contributed by atoms with Crippen LogP contribution in [0.3, 0.4) is 0 Å². The van der Waals surface area contributed by atoms with E-state index in [1.807, 2.05) is 16.3 Å². The average Bonchev–Trinajstić information content (AvgIpc) is 3.13. The number of piperidine rings is 1. The molecule has 8 heteroatoms.